The summed E-state index contributed by atoms with van der Waals surface area (Å²) in [5, 5.41) is 2.77. The Morgan fingerprint density at radius 2 is 2.13 bits per heavy atom. The second-order valence-electron chi connectivity index (χ2n) is 3.30. The van der Waals surface area contributed by atoms with E-state index in [1.165, 1.54) is 0 Å². The summed E-state index contributed by atoms with van der Waals surface area (Å²) in [6.45, 7) is 5.76. The Balaban J connectivity index is 0. The molecule has 0 aromatic heterocycles. The zero-order valence-corrected chi connectivity index (χ0v) is 10.4. The van der Waals surface area contributed by atoms with E-state index in [2.05, 4.69) is 12.2 Å². The van der Waals surface area contributed by atoms with Crippen molar-refractivity contribution in [2.24, 2.45) is 5.73 Å². The number of unbranched alkanes of at least 4 members (excludes halogenated alkanes) is 1. The molecular formula is C10H23ClN2O2. The SMILES string of the molecule is CCCCOC(C)C(=O)NCCCN.Cl. The highest BCUT2D eigenvalue weighted by molar-refractivity contribution is 5.85. The number of hydrogen-bond acceptors (Lipinski definition) is 3. The van der Waals surface area contributed by atoms with Gasteiger partial charge in [0.05, 0.1) is 0 Å². The number of hydrogen-bond donors (Lipinski definition) is 2. The molecule has 0 aliphatic heterocycles. The fourth-order valence-corrected chi connectivity index (χ4v) is 0.938. The van der Waals surface area contributed by atoms with E-state index in [-0.39, 0.29) is 24.4 Å². The molecule has 5 heteroatoms. The van der Waals surface area contributed by atoms with E-state index < -0.39 is 0 Å². The minimum atomic E-state index is -0.348. The van der Waals surface area contributed by atoms with Crippen molar-refractivity contribution in [2.45, 2.75) is 39.2 Å². The molecule has 0 radical (unpaired) electrons. The molecule has 1 amide bonds. The molecular weight excluding hydrogens is 216 g/mol. The smallest absolute Gasteiger partial charge is 0.248 e. The van der Waals surface area contributed by atoms with E-state index in [1.807, 2.05) is 0 Å². The lowest BCUT2D eigenvalue weighted by molar-refractivity contribution is -0.131. The van der Waals surface area contributed by atoms with Crippen molar-refractivity contribution < 1.29 is 9.53 Å². The number of amides is 1. The Kier molecular flexibility index (Phi) is 13.4. The van der Waals surface area contributed by atoms with Crippen molar-refractivity contribution >= 4 is 18.3 Å². The molecule has 0 saturated heterocycles. The van der Waals surface area contributed by atoms with Gasteiger partial charge in [-0.3, -0.25) is 4.79 Å². The summed E-state index contributed by atoms with van der Waals surface area (Å²) in [6, 6.07) is 0. The standard InChI is InChI=1S/C10H22N2O2.ClH/c1-3-4-8-14-9(2)10(13)12-7-5-6-11;/h9H,3-8,11H2,1-2H3,(H,12,13);1H. The molecule has 0 rings (SSSR count). The first kappa shape index (κ1) is 17.1. The first-order chi connectivity index (χ1) is 6.72. The normalized spacial score (nSPS) is 11.7. The highest BCUT2D eigenvalue weighted by Crippen LogP contribution is 1.94. The monoisotopic (exact) mass is 238 g/mol. The summed E-state index contributed by atoms with van der Waals surface area (Å²) >= 11 is 0. The zero-order chi connectivity index (χ0) is 10.8. The third-order valence-corrected chi connectivity index (χ3v) is 1.92. The van der Waals surface area contributed by atoms with E-state index in [0.717, 1.165) is 19.3 Å². The summed E-state index contributed by atoms with van der Waals surface area (Å²) in [5.74, 6) is -0.0467. The Morgan fingerprint density at radius 1 is 1.47 bits per heavy atom. The summed E-state index contributed by atoms with van der Waals surface area (Å²) < 4.78 is 5.33. The van der Waals surface area contributed by atoms with Crippen molar-refractivity contribution in [2.75, 3.05) is 19.7 Å². The predicted octanol–water partition coefficient (Wildman–Crippen LogP) is 1.08. The summed E-state index contributed by atoms with van der Waals surface area (Å²) in [5.41, 5.74) is 5.31. The highest BCUT2D eigenvalue weighted by atomic mass is 35.5. The number of rotatable bonds is 8. The number of nitrogens with one attached hydrogen (secondary N) is 1. The van der Waals surface area contributed by atoms with Gasteiger partial charge in [-0.15, -0.1) is 12.4 Å². The third kappa shape index (κ3) is 9.97. The molecule has 1 unspecified atom stereocenters. The van der Waals surface area contributed by atoms with Crippen LogP contribution in [-0.4, -0.2) is 31.7 Å². The van der Waals surface area contributed by atoms with E-state index >= 15 is 0 Å². The Hall–Kier alpha value is -0.320. The molecule has 3 N–H and O–H groups in total. The topological polar surface area (TPSA) is 64.3 Å². The molecule has 0 heterocycles. The molecule has 15 heavy (non-hydrogen) atoms. The molecule has 0 aliphatic rings. The largest absolute Gasteiger partial charge is 0.369 e. The van der Waals surface area contributed by atoms with Crippen LogP contribution in [0.25, 0.3) is 0 Å². The molecule has 1 atom stereocenters. The average molecular weight is 239 g/mol. The maximum Gasteiger partial charge on any atom is 0.248 e. The van der Waals surface area contributed by atoms with Crippen LogP contribution in [0.2, 0.25) is 0 Å². The minimum absolute atomic E-state index is 0. The van der Waals surface area contributed by atoms with Gasteiger partial charge < -0.3 is 15.8 Å². The van der Waals surface area contributed by atoms with Gasteiger partial charge >= 0.3 is 0 Å². The van der Waals surface area contributed by atoms with Crippen molar-refractivity contribution in [3.05, 3.63) is 0 Å². The van der Waals surface area contributed by atoms with Gasteiger partial charge in [-0.05, 0) is 26.3 Å². The van der Waals surface area contributed by atoms with Crippen LogP contribution >= 0.6 is 12.4 Å². The van der Waals surface area contributed by atoms with Crippen LogP contribution in [0.15, 0.2) is 0 Å². The van der Waals surface area contributed by atoms with Crippen LogP contribution < -0.4 is 11.1 Å². The Bertz CT molecular complexity index is 156. The second-order valence-corrected chi connectivity index (χ2v) is 3.30. The van der Waals surface area contributed by atoms with E-state index in [9.17, 15) is 4.79 Å². The van der Waals surface area contributed by atoms with Gasteiger partial charge in [-0.1, -0.05) is 13.3 Å². The molecule has 0 aromatic carbocycles. The lowest BCUT2D eigenvalue weighted by Crippen LogP contribution is -2.35. The fourth-order valence-electron chi connectivity index (χ4n) is 0.938. The van der Waals surface area contributed by atoms with E-state index in [1.54, 1.807) is 6.92 Å². The van der Waals surface area contributed by atoms with Crippen LogP contribution in [0, 0.1) is 0 Å². The van der Waals surface area contributed by atoms with Gasteiger partial charge in [-0.25, -0.2) is 0 Å². The van der Waals surface area contributed by atoms with Crippen molar-refractivity contribution in [3.63, 3.8) is 0 Å². The quantitative estimate of drug-likeness (QED) is 0.622. The predicted molar refractivity (Wildman–Crippen MR) is 64.3 cm³/mol. The Morgan fingerprint density at radius 3 is 2.67 bits per heavy atom. The van der Waals surface area contributed by atoms with Crippen LogP contribution in [0.3, 0.4) is 0 Å². The molecule has 0 bridgehead atoms. The first-order valence-corrected chi connectivity index (χ1v) is 5.31. The van der Waals surface area contributed by atoms with Gasteiger partial charge in [0.25, 0.3) is 0 Å². The zero-order valence-electron chi connectivity index (χ0n) is 9.62. The van der Waals surface area contributed by atoms with Gasteiger partial charge in [0.1, 0.15) is 6.10 Å². The van der Waals surface area contributed by atoms with Crippen molar-refractivity contribution in [1.82, 2.24) is 5.32 Å². The molecule has 4 nitrogen and oxygen atoms in total. The van der Waals surface area contributed by atoms with Crippen LogP contribution in [-0.2, 0) is 9.53 Å². The molecule has 0 fully saturated rings. The number of carbonyl (C=O) groups is 1. The maximum atomic E-state index is 11.3. The summed E-state index contributed by atoms with van der Waals surface area (Å²) in [4.78, 5) is 11.3. The molecule has 92 valence electrons. The van der Waals surface area contributed by atoms with Gasteiger partial charge in [0, 0.05) is 13.2 Å². The maximum absolute atomic E-state index is 11.3. The number of halogens is 1. The number of carbonyl (C=O) groups excluding carboxylic acids is 1. The Labute approximate surface area is 98.3 Å². The second kappa shape index (κ2) is 11.8. The lowest BCUT2D eigenvalue weighted by Gasteiger charge is -2.12. The average Bonchev–Trinajstić information content (AvgIpc) is 2.18. The van der Waals surface area contributed by atoms with Gasteiger partial charge in [-0.2, -0.15) is 0 Å². The lowest BCUT2D eigenvalue weighted by atomic mass is 10.3. The van der Waals surface area contributed by atoms with Crippen molar-refractivity contribution in [3.8, 4) is 0 Å². The molecule has 0 spiro atoms. The van der Waals surface area contributed by atoms with Gasteiger partial charge in [0.2, 0.25) is 5.91 Å². The highest BCUT2D eigenvalue weighted by Gasteiger charge is 2.11. The number of nitrogens with two attached hydrogens (primary N) is 1. The molecule has 0 saturated carbocycles. The van der Waals surface area contributed by atoms with Crippen LogP contribution in [0.1, 0.15) is 33.1 Å². The number of ether oxygens (including phenoxy) is 1. The first-order valence-electron chi connectivity index (χ1n) is 5.31. The summed E-state index contributed by atoms with van der Waals surface area (Å²) in [7, 11) is 0. The van der Waals surface area contributed by atoms with Gasteiger partial charge in [0.15, 0.2) is 0 Å². The van der Waals surface area contributed by atoms with Crippen LogP contribution in [0.4, 0.5) is 0 Å². The summed E-state index contributed by atoms with van der Waals surface area (Å²) in [6.07, 6.45) is 2.55. The van der Waals surface area contributed by atoms with Crippen LogP contribution in [0.5, 0.6) is 0 Å². The third-order valence-electron chi connectivity index (χ3n) is 1.92. The molecule has 0 aliphatic carbocycles. The van der Waals surface area contributed by atoms with E-state index in [4.69, 9.17) is 10.5 Å². The van der Waals surface area contributed by atoms with E-state index in [0.29, 0.717) is 19.7 Å². The fraction of sp³-hybridized carbons (Fsp3) is 0.900. The van der Waals surface area contributed by atoms with Crippen molar-refractivity contribution in [1.29, 1.82) is 0 Å². The minimum Gasteiger partial charge on any atom is -0.369 e. The molecule has 0 aromatic rings.